The highest BCUT2D eigenvalue weighted by molar-refractivity contribution is 7.80. The summed E-state index contributed by atoms with van der Waals surface area (Å²) in [4.78, 5) is 25.3. The van der Waals surface area contributed by atoms with Gasteiger partial charge in [-0.05, 0) is 79.7 Å². The van der Waals surface area contributed by atoms with Crippen LogP contribution in [0.4, 0.5) is 11.4 Å². The first-order valence-electron chi connectivity index (χ1n) is 11.7. The number of nitrogens with one attached hydrogen (secondary N) is 3. The first-order valence-corrected chi connectivity index (χ1v) is 12.1. The predicted molar refractivity (Wildman–Crippen MR) is 146 cm³/mol. The second-order valence-electron chi connectivity index (χ2n) is 8.27. The molecule has 0 aliphatic heterocycles. The molecule has 0 aliphatic carbocycles. The minimum atomic E-state index is -0.335. The Morgan fingerprint density at radius 2 is 1.78 bits per heavy atom. The number of furan rings is 1. The summed E-state index contributed by atoms with van der Waals surface area (Å²) in [6, 6.07) is 21.5. The van der Waals surface area contributed by atoms with Crippen molar-refractivity contribution < 1.29 is 18.7 Å². The number of rotatable bonds is 8. The minimum Gasteiger partial charge on any atom is -0.494 e. The number of carbonyl (C=O) groups is 2. The number of aryl methyl sites for hydroxylation is 1. The van der Waals surface area contributed by atoms with E-state index in [1.165, 1.54) is 0 Å². The van der Waals surface area contributed by atoms with Crippen molar-refractivity contribution in [3.63, 3.8) is 0 Å². The lowest BCUT2D eigenvalue weighted by Crippen LogP contribution is -2.34. The number of para-hydroxylation sites is 1. The summed E-state index contributed by atoms with van der Waals surface area (Å²) < 4.78 is 11.3. The average molecular weight is 502 g/mol. The Morgan fingerprint density at radius 3 is 2.56 bits per heavy atom. The van der Waals surface area contributed by atoms with Crippen LogP contribution in [0.1, 0.15) is 46.2 Å². The van der Waals surface area contributed by atoms with E-state index in [1.807, 2.05) is 43.3 Å². The van der Waals surface area contributed by atoms with Crippen LogP contribution in [0.25, 0.3) is 11.0 Å². The van der Waals surface area contributed by atoms with Gasteiger partial charge in [0.2, 0.25) is 0 Å². The number of fused-ring (bicyclic) bond motifs is 1. The summed E-state index contributed by atoms with van der Waals surface area (Å²) in [6.45, 7) is 4.56. The van der Waals surface area contributed by atoms with Gasteiger partial charge in [-0.3, -0.25) is 14.9 Å². The van der Waals surface area contributed by atoms with Crippen LogP contribution >= 0.6 is 12.2 Å². The smallest absolute Gasteiger partial charge is 0.291 e. The van der Waals surface area contributed by atoms with Crippen LogP contribution < -0.4 is 20.7 Å². The zero-order valence-electron chi connectivity index (χ0n) is 20.1. The van der Waals surface area contributed by atoms with Gasteiger partial charge in [-0.2, -0.15) is 0 Å². The van der Waals surface area contributed by atoms with Gasteiger partial charge in [0, 0.05) is 22.3 Å². The fraction of sp³-hybridized carbons (Fsp3) is 0.179. The topological polar surface area (TPSA) is 92.6 Å². The maximum atomic E-state index is 12.7. The largest absolute Gasteiger partial charge is 0.494 e. The lowest BCUT2D eigenvalue weighted by Gasteiger charge is -2.13. The summed E-state index contributed by atoms with van der Waals surface area (Å²) >= 11 is 5.32. The standard InChI is InChI=1S/C28H27N3O4S/c1-3-4-14-34-22-10-7-9-20(16-22)26(32)31-28(36)29-21-12-13-23(18(2)15-21)30-27(33)25-17-19-8-5-6-11-24(19)35-25/h5-13,15-17H,3-4,14H2,1-2H3,(H,30,33)(H2,29,31,32,36). The summed E-state index contributed by atoms with van der Waals surface area (Å²) in [6.07, 6.45) is 1.99. The molecule has 7 nitrogen and oxygen atoms in total. The van der Waals surface area contributed by atoms with Gasteiger partial charge in [-0.1, -0.05) is 37.6 Å². The van der Waals surface area contributed by atoms with E-state index in [9.17, 15) is 9.59 Å². The molecule has 184 valence electrons. The molecule has 0 bridgehead atoms. The van der Waals surface area contributed by atoms with Gasteiger partial charge in [0.25, 0.3) is 11.8 Å². The van der Waals surface area contributed by atoms with Gasteiger partial charge in [0.15, 0.2) is 10.9 Å². The number of anilines is 2. The van der Waals surface area contributed by atoms with Crippen molar-refractivity contribution in [1.82, 2.24) is 5.32 Å². The highest BCUT2D eigenvalue weighted by Gasteiger charge is 2.14. The van der Waals surface area contributed by atoms with E-state index in [-0.39, 0.29) is 22.7 Å². The van der Waals surface area contributed by atoms with E-state index in [0.717, 1.165) is 23.8 Å². The van der Waals surface area contributed by atoms with Gasteiger partial charge in [-0.25, -0.2) is 0 Å². The third-order valence-electron chi connectivity index (χ3n) is 5.47. The summed E-state index contributed by atoms with van der Waals surface area (Å²) in [5, 5.41) is 9.59. The Kier molecular flexibility index (Phi) is 7.97. The van der Waals surface area contributed by atoms with Gasteiger partial charge in [-0.15, -0.1) is 0 Å². The summed E-state index contributed by atoms with van der Waals surface area (Å²) in [5.74, 6) is 0.214. The average Bonchev–Trinajstić information content (AvgIpc) is 3.30. The van der Waals surface area contributed by atoms with Crippen LogP contribution in [0.15, 0.2) is 77.2 Å². The molecule has 3 aromatic carbocycles. The molecule has 0 atom stereocenters. The van der Waals surface area contributed by atoms with Crippen LogP contribution in [-0.4, -0.2) is 23.5 Å². The molecule has 8 heteroatoms. The fourth-order valence-electron chi connectivity index (χ4n) is 3.56. The zero-order chi connectivity index (χ0) is 25.5. The Balaban J connectivity index is 1.34. The Bertz CT molecular complexity index is 1380. The van der Waals surface area contributed by atoms with Crippen molar-refractivity contribution in [2.75, 3.05) is 17.2 Å². The number of carbonyl (C=O) groups excluding carboxylic acids is 2. The third-order valence-corrected chi connectivity index (χ3v) is 5.68. The lowest BCUT2D eigenvalue weighted by atomic mass is 10.1. The van der Waals surface area contributed by atoms with Crippen molar-refractivity contribution >= 4 is 51.5 Å². The second-order valence-corrected chi connectivity index (χ2v) is 8.68. The van der Waals surface area contributed by atoms with Crippen LogP contribution in [0.2, 0.25) is 0 Å². The van der Waals surface area contributed by atoms with Crippen LogP contribution in [-0.2, 0) is 0 Å². The van der Waals surface area contributed by atoms with E-state index < -0.39 is 0 Å². The molecule has 1 aromatic heterocycles. The maximum absolute atomic E-state index is 12.7. The SMILES string of the molecule is CCCCOc1cccc(C(=O)NC(=S)Nc2ccc(NC(=O)c3cc4ccccc4o3)c(C)c2)c1. The van der Waals surface area contributed by atoms with E-state index in [4.69, 9.17) is 21.4 Å². The molecule has 0 unspecified atom stereocenters. The normalized spacial score (nSPS) is 10.6. The van der Waals surface area contributed by atoms with Crippen LogP contribution in [0.5, 0.6) is 5.75 Å². The third kappa shape index (κ3) is 6.28. The molecule has 0 saturated carbocycles. The molecule has 0 radical (unpaired) electrons. The summed E-state index contributed by atoms with van der Waals surface area (Å²) in [5.41, 5.74) is 3.24. The van der Waals surface area contributed by atoms with E-state index >= 15 is 0 Å². The molecule has 0 saturated heterocycles. The highest BCUT2D eigenvalue weighted by Crippen LogP contribution is 2.23. The number of thiocarbonyl (C=S) groups is 1. The molecular weight excluding hydrogens is 474 g/mol. The Morgan fingerprint density at radius 1 is 0.944 bits per heavy atom. The molecule has 1 heterocycles. The highest BCUT2D eigenvalue weighted by atomic mass is 32.1. The minimum absolute atomic E-state index is 0.163. The molecule has 4 aromatic rings. The molecule has 2 amide bonds. The molecule has 0 aliphatic rings. The molecule has 0 spiro atoms. The molecular formula is C28H27N3O4S. The number of amides is 2. The van der Waals surface area contributed by atoms with Crippen LogP contribution in [0.3, 0.4) is 0 Å². The monoisotopic (exact) mass is 501 g/mol. The predicted octanol–water partition coefficient (Wildman–Crippen LogP) is 6.30. The number of hydrogen-bond donors (Lipinski definition) is 3. The van der Waals surface area contributed by atoms with E-state index in [0.29, 0.717) is 34.9 Å². The van der Waals surface area contributed by atoms with E-state index in [2.05, 4.69) is 22.9 Å². The molecule has 3 N–H and O–H groups in total. The van der Waals surface area contributed by atoms with Crippen LogP contribution in [0, 0.1) is 6.92 Å². The van der Waals surface area contributed by atoms with Crippen molar-refractivity contribution in [2.24, 2.45) is 0 Å². The Labute approximate surface area is 214 Å². The maximum Gasteiger partial charge on any atom is 0.291 e. The number of benzene rings is 3. The van der Waals surface area contributed by atoms with E-state index in [1.54, 1.807) is 36.4 Å². The van der Waals surface area contributed by atoms with Crippen molar-refractivity contribution in [2.45, 2.75) is 26.7 Å². The molecule has 4 rings (SSSR count). The number of unbranched alkanes of at least 4 members (excludes halogenated alkanes) is 1. The number of ether oxygens (including phenoxy) is 1. The van der Waals surface area contributed by atoms with Crippen molar-refractivity contribution in [1.29, 1.82) is 0 Å². The van der Waals surface area contributed by atoms with Gasteiger partial charge < -0.3 is 19.8 Å². The fourth-order valence-corrected chi connectivity index (χ4v) is 3.77. The first-order chi connectivity index (χ1) is 17.4. The van der Waals surface area contributed by atoms with Gasteiger partial charge in [0.05, 0.1) is 6.61 Å². The lowest BCUT2D eigenvalue weighted by molar-refractivity contribution is 0.0974. The number of hydrogen-bond acceptors (Lipinski definition) is 5. The first kappa shape index (κ1) is 24.9. The van der Waals surface area contributed by atoms with Gasteiger partial charge >= 0.3 is 0 Å². The zero-order valence-corrected chi connectivity index (χ0v) is 20.9. The van der Waals surface area contributed by atoms with Crippen molar-refractivity contribution in [3.8, 4) is 5.75 Å². The van der Waals surface area contributed by atoms with Gasteiger partial charge in [0.1, 0.15) is 11.3 Å². The Hall–Kier alpha value is -4.17. The van der Waals surface area contributed by atoms with Crippen molar-refractivity contribution in [3.05, 3.63) is 89.7 Å². The summed E-state index contributed by atoms with van der Waals surface area (Å²) in [7, 11) is 0. The second kappa shape index (κ2) is 11.5. The molecule has 36 heavy (non-hydrogen) atoms. The molecule has 0 fully saturated rings. The quantitative estimate of drug-likeness (QED) is 0.194.